The summed E-state index contributed by atoms with van der Waals surface area (Å²) in [7, 11) is 0. The Morgan fingerprint density at radius 1 is 1.45 bits per heavy atom. The van der Waals surface area contributed by atoms with Gasteiger partial charge in [-0.15, -0.1) is 11.8 Å². The second-order valence-corrected chi connectivity index (χ2v) is 6.34. The molecule has 1 amide bonds. The number of hydrogen-bond acceptors (Lipinski definition) is 4. The van der Waals surface area contributed by atoms with E-state index in [0.717, 1.165) is 22.7 Å². The number of halogens is 1. The van der Waals surface area contributed by atoms with Crippen LogP contribution in [0.15, 0.2) is 34.9 Å². The fourth-order valence-electron chi connectivity index (χ4n) is 1.92. The number of nitrogens with one attached hydrogen (secondary N) is 1. The average molecular weight is 339 g/mol. The van der Waals surface area contributed by atoms with Gasteiger partial charge in [-0.25, -0.2) is 0 Å². The monoisotopic (exact) mass is 338 g/mol. The zero-order valence-corrected chi connectivity index (χ0v) is 14.2. The molecule has 1 N–H and O–H groups in total. The third-order valence-electron chi connectivity index (χ3n) is 3.19. The van der Waals surface area contributed by atoms with Gasteiger partial charge in [-0.2, -0.15) is 0 Å². The average Bonchev–Trinajstić information content (AvgIpc) is 2.98. The Hall–Kier alpha value is -1.46. The molecule has 2 rings (SSSR count). The van der Waals surface area contributed by atoms with Crippen LogP contribution < -0.4 is 5.32 Å². The van der Waals surface area contributed by atoms with Crippen LogP contribution in [-0.4, -0.2) is 16.8 Å². The third-order valence-corrected chi connectivity index (χ3v) is 4.54. The normalized spacial score (nSPS) is 12.1. The highest BCUT2D eigenvalue weighted by atomic mass is 35.5. The molecule has 0 saturated carbocycles. The molecule has 22 heavy (non-hydrogen) atoms. The van der Waals surface area contributed by atoms with Crippen LogP contribution in [0.3, 0.4) is 0 Å². The van der Waals surface area contributed by atoms with E-state index in [1.807, 2.05) is 44.2 Å². The van der Waals surface area contributed by atoms with E-state index < -0.39 is 0 Å². The summed E-state index contributed by atoms with van der Waals surface area (Å²) >= 11 is 7.62. The molecular weight excluding hydrogens is 320 g/mol. The Balaban J connectivity index is 1.77. The molecular formula is C16H19ClN2O2S. The first kappa shape index (κ1) is 16.9. The van der Waals surface area contributed by atoms with Crippen LogP contribution in [0.25, 0.3) is 0 Å². The molecule has 0 fully saturated rings. The zero-order valence-electron chi connectivity index (χ0n) is 12.6. The lowest BCUT2D eigenvalue weighted by Crippen LogP contribution is -2.28. The van der Waals surface area contributed by atoms with Crippen molar-refractivity contribution in [3.63, 3.8) is 0 Å². The van der Waals surface area contributed by atoms with Crippen molar-refractivity contribution in [2.24, 2.45) is 0 Å². The Bertz CT molecular complexity index is 630. The van der Waals surface area contributed by atoms with E-state index in [4.69, 9.17) is 16.1 Å². The summed E-state index contributed by atoms with van der Waals surface area (Å²) in [5.41, 5.74) is 1.93. The predicted molar refractivity (Wildman–Crippen MR) is 90.1 cm³/mol. The van der Waals surface area contributed by atoms with Gasteiger partial charge in [-0.05, 0) is 25.0 Å². The maximum absolute atomic E-state index is 12.0. The molecule has 6 heteroatoms. The van der Waals surface area contributed by atoms with Crippen LogP contribution in [0, 0.1) is 0 Å². The van der Waals surface area contributed by atoms with Gasteiger partial charge in [0.2, 0.25) is 5.91 Å². The Kier molecular flexibility index (Phi) is 6.34. The van der Waals surface area contributed by atoms with Crippen molar-refractivity contribution < 1.29 is 9.32 Å². The van der Waals surface area contributed by atoms with E-state index >= 15 is 0 Å². The molecule has 1 heterocycles. The molecule has 1 aromatic carbocycles. The number of carbonyl (C=O) groups is 1. The van der Waals surface area contributed by atoms with Crippen molar-refractivity contribution in [2.75, 3.05) is 5.75 Å². The van der Waals surface area contributed by atoms with Crippen molar-refractivity contribution in [3.8, 4) is 0 Å². The molecule has 0 spiro atoms. The van der Waals surface area contributed by atoms with E-state index in [2.05, 4.69) is 10.5 Å². The topological polar surface area (TPSA) is 55.1 Å². The molecule has 2 aromatic rings. The number of benzene rings is 1. The molecule has 4 nitrogen and oxygen atoms in total. The molecule has 0 aliphatic carbocycles. The molecule has 0 unspecified atom stereocenters. The summed E-state index contributed by atoms with van der Waals surface area (Å²) < 4.78 is 5.22. The lowest BCUT2D eigenvalue weighted by atomic mass is 10.2. The Morgan fingerprint density at radius 3 is 2.91 bits per heavy atom. The molecule has 0 aliphatic rings. The SMILES string of the molecule is CCc1cc([C@@H](C)NC(=O)CSCc2ccccc2Cl)on1. The van der Waals surface area contributed by atoms with Gasteiger partial charge in [0.25, 0.3) is 0 Å². The van der Waals surface area contributed by atoms with Crippen molar-refractivity contribution in [3.05, 3.63) is 52.4 Å². The van der Waals surface area contributed by atoms with E-state index in [-0.39, 0.29) is 11.9 Å². The van der Waals surface area contributed by atoms with Gasteiger partial charge in [0, 0.05) is 16.8 Å². The lowest BCUT2D eigenvalue weighted by Gasteiger charge is -2.10. The summed E-state index contributed by atoms with van der Waals surface area (Å²) in [6.07, 6.45) is 0.817. The number of carbonyl (C=O) groups excluding carboxylic acids is 1. The quantitative estimate of drug-likeness (QED) is 0.829. The number of aryl methyl sites for hydroxylation is 1. The highest BCUT2D eigenvalue weighted by molar-refractivity contribution is 7.99. The molecule has 0 radical (unpaired) electrons. The number of thioether (sulfide) groups is 1. The molecule has 0 bridgehead atoms. The summed E-state index contributed by atoms with van der Waals surface area (Å²) in [6.45, 7) is 3.90. The molecule has 1 atom stereocenters. The number of hydrogen-bond donors (Lipinski definition) is 1. The van der Waals surface area contributed by atoms with Crippen molar-refractivity contribution in [1.82, 2.24) is 10.5 Å². The van der Waals surface area contributed by atoms with E-state index in [1.54, 1.807) is 0 Å². The van der Waals surface area contributed by atoms with Crippen LogP contribution in [0.1, 0.15) is 36.9 Å². The van der Waals surface area contributed by atoms with Gasteiger partial charge in [-0.3, -0.25) is 4.79 Å². The number of amides is 1. The van der Waals surface area contributed by atoms with Crippen molar-refractivity contribution in [1.29, 1.82) is 0 Å². The summed E-state index contributed by atoms with van der Waals surface area (Å²) in [5.74, 6) is 1.74. The standard InChI is InChI=1S/C16H19ClN2O2S/c1-3-13-8-15(21-19-13)11(2)18-16(20)10-22-9-12-6-4-5-7-14(12)17/h4-8,11H,3,9-10H2,1-2H3,(H,18,20)/t11-/m1/s1. The van der Waals surface area contributed by atoms with Gasteiger partial charge in [0.15, 0.2) is 5.76 Å². The first-order chi connectivity index (χ1) is 10.6. The van der Waals surface area contributed by atoms with E-state index in [1.165, 1.54) is 11.8 Å². The summed E-state index contributed by atoms with van der Waals surface area (Å²) in [6, 6.07) is 9.36. The first-order valence-corrected chi connectivity index (χ1v) is 8.69. The van der Waals surface area contributed by atoms with Gasteiger partial charge in [0.05, 0.1) is 17.5 Å². The highest BCUT2D eigenvalue weighted by Gasteiger charge is 2.14. The maximum Gasteiger partial charge on any atom is 0.230 e. The van der Waals surface area contributed by atoms with Crippen LogP contribution >= 0.6 is 23.4 Å². The number of nitrogens with zero attached hydrogens (tertiary/aromatic N) is 1. The van der Waals surface area contributed by atoms with Crippen molar-refractivity contribution >= 4 is 29.3 Å². The smallest absolute Gasteiger partial charge is 0.230 e. The molecule has 118 valence electrons. The van der Waals surface area contributed by atoms with Gasteiger partial charge >= 0.3 is 0 Å². The fraction of sp³-hybridized carbons (Fsp3) is 0.375. The molecule has 1 aromatic heterocycles. The summed E-state index contributed by atoms with van der Waals surface area (Å²) in [4.78, 5) is 12.0. The molecule has 0 saturated heterocycles. The second-order valence-electron chi connectivity index (χ2n) is 4.95. The minimum atomic E-state index is -0.179. The van der Waals surface area contributed by atoms with Gasteiger partial charge in [0.1, 0.15) is 0 Å². The van der Waals surface area contributed by atoms with E-state index in [0.29, 0.717) is 17.3 Å². The van der Waals surface area contributed by atoms with Crippen LogP contribution in [0.2, 0.25) is 5.02 Å². The van der Waals surface area contributed by atoms with Crippen LogP contribution in [-0.2, 0) is 17.0 Å². The number of aromatic nitrogens is 1. The van der Waals surface area contributed by atoms with Gasteiger partial charge in [-0.1, -0.05) is 41.9 Å². The minimum Gasteiger partial charge on any atom is -0.359 e. The summed E-state index contributed by atoms with van der Waals surface area (Å²) in [5, 5.41) is 7.57. The van der Waals surface area contributed by atoms with E-state index in [9.17, 15) is 4.79 Å². The number of rotatable bonds is 7. The predicted octanol–water partition coefficient (Wildman–Crippen LogP) is 4.00. The third kappa shape index (κ3) is 4.78. The minimum absolute atomic E-state index is 0.0287. The second kappa shape index (κ2) is 8.25. The van der Waals surface area contributed by atoms with Crippen molar-refractivity contribution in [2.45, 2.75) is 32.1 Å². The lowest BCUT2D eigenvalue weighted by molar-refractivity contribution is -0.119. The van der Waals surface area contributed by atoms with Crippen LogP contribution in [0.4, 0.5) is 0 Å². The maximum atomic E-state index is 12.0. The fourth-order valence-corrected chi connectivity index (χ4v) is 3.05. The largest absolute Gasteiger partial charge is 0.359 e. The van der Waals surface area contributed by atoms with Crippen LogP contribution in [0.5, 0.6) is 0 Å². The zero-order chi connectivity index (χ0) is 15.9. The highest BCUT2D eigenvalue weighted by Crippen LogP contribution is 2.21. The molecule has 0 aliphatic heterocycles. The Labute approximate surface area is 139 Å². The first-order valence-electron chi connectivity index (χ1n) is 7.16. The van der Waals surface area contributed by atoms with Gasteiger partial charge < -0.3 is 9.84 Å². The Morgan fingerprint density at radius 2 is 2.23 bits per heavy atom.